The molecule has 13 rings (SSSR count). The van der Waals surface area contributed by atoms with Crippen molar-refractivity contribution in [3.63, 3.8) is 0 Å². The molecule has 72 heavy (non-hydrogen) atoms. The van der Waals surface area contributed by atoms with Crippen LogP contribution in [0.3, 0.4) is 0 Å². The third kappa shape index (κ3) is 7.40. The molecule has 0 spiro atoms. The van der Waals surface area contributed by atoms with E-state index in [1.165, 1.54) is 33.9 Å². The smallest absolute Gasteiger partial charge is 0.0776 e. The van der Waals surface area contributed by atoms with Crippen LogP contribution >= 0.6 is 0 Å². The van der Waals surface area contributed by atoms with Crippen LogP contribution in [0, 0.1) is 5.41 Å². The summed E-state index contributed by atoms with van der Waals surface area (Å²) in [5.41, 5.74) is 19.4. The molecular weight excluding hydrogens is 875 g/mol. The van der Waals surface area contributed by atoms with Crippen molar-refractivity contribution < 1.29 is 0 Å². The summed E-state index contributed by atoms with van der Waals surface area (Å²) in [6, 6.07) is 95.0. The number of benzene rings is 11. The highest BCUT2D eigenvalue weighted by molar-refractivity contribution is 6.17. The fourth-order valence-electron chi connectivity index (χ4n) is 10.6. The maximum Gasteiger partial charge on any atom is 0.0776 e. The van der Waals surface area contributed by atoms with Crippen LogP contribution in [0.25, 0.3) is 88.4 Å². The Kier molecular flexibility index (Phi) is 10.6. The molecule has 5 heteroatoms. The summed E-state index contributed by atoms with van der Waals surface area (Å²) < 4.78 is 4.65. The average Bonchev–Trinajstić information content (AvgIpc) is 3.98. The zero-order valence-corrected chi connectivity index (χ0v) is 39.3. The van der Waals surface area contributed by atoms with Crippen LogP contribution in [-0.4, -0.2) is 15.3 Å². The largest absolute Gasteiger partial charge is 0.353 e. The zero-order valence-electron chi connectivity index (χ0n) is 39.3. The van der Waals surface area contributed by atoms with Crippen molar-refractivity contribution in [3.8, 4) is 44.8 Å². The summed E-state index contributed by atoms with van der Waals surface area (Å²) in [7, 11) is 0. The molecule has 0 unspecified atom stereocenters. The summed E-state index contributed by atoms with van der Waals surface area (Å²) >= 11 is 0. The van der Waals surface area contributed by atoms with Crippen LogP contribution in [0.2, 0.25) is 0 Å². The number of fused-ring (bicyclic) bond motifs is 6. The maximum absolute atomic E-state index is 8.88. The number of para-hydroxylation sites is 4. The third-order valence-electron chi connectivity index (χ3n) is 14.0. The predicted octanol–water partition coefficient (Wildman–Crippen LogP) is 18.1. The average molecular weight is 922 g/mol. The minimum Gasteiger partial charge on any atom is -0.353 e. The van der Waals surface area contributed by atoms with E-state index in [-0.39, 0.29) is 0 Å². The maximum atomic E-state index is 8.88. The molecule has 0 aliphatic carbocycles. The van der Waals surface area contributed by atoms with E-state index in [0.717, 1.165) is 94.7 Å². The normalized spacial score (nSPS) is 11.4. The summed E-state index contributed by atoms with van der Waals surface area (Å²) in [5.74, 6) is 0. The van der Waals surface area contributed by atoms with Gasteiger partial charge >= 0.3 is 0 Å². The number of aromatic nitrogens is 2. The van der Waals surface area contributed by atoms with Crippen molar-refractivity contribution >= 4 is 78.3 Å². The van der Waals surface area contributed by atoms with Crippen LogP contribution in [0.4, 0.5) is 28.4 Å². The van der Waals surface area contributed by atoms with Gasteiger partial charge in [0.05, 0.1) is 27.8 Å². The van der Waals surface area contributed by atoms with Gasteiger partial charge in [-0.25, -0.2) is 0 Å². The van der Waals surface area contributed by atoms with Crippen LogP contribution in [0.5, 0.6) is 0 Å². The molecule has 2 heterocycles. The van der Waals surface area contributed by atoms with Gasteiger partial charge in [-0.15, -0.1) is 0 Å². The Labute approximate surface area is 418 Å². The lowest BCUT2D eigenvalue weighted by atomic mass is 10.0. The molecule has 0 atom stereocenters. The van der Waals surface area contributed by atoms with Gasteiger partial charge in [0, 0.05) is 67.4 Å². The van der Waals surface area contributed by atoms with Crippen molar-refractivity contribution in [1.82, 2.24) is 9.13 Å². The minimum absolute atomic E-state index is 0.827. The highest BCUT2D eigenvalue weighted by Crippen LogP contribution is 2.42. The lowest BCUT2D eigenvalue weighted by molar-refractivity contribution is 1.18. The summed E-state index contributed by atoms with van der Waals surface area (Å²) in [4.78, 5) is 2.33. The van der Waals surface area contributed by atoms with Gasteiger partial charge in [-0.3, -0.25) is 0 Å². The molecule has 0 aliphatic heterocycles. The van der Waals surface area contributed by atoms with Crippen LogP contribution in [0.15, 0.2) is 267 Å². The zero-order chi connectivity index (χ0) is 48.0. The lowest BCUT2D eigenvalue weighted by Gasteiger charge is -2.26. The Morgan fingerprint density at radius 1 is 0.306 bits per heavy atom. The Morgan fingerprint density at radius 3 is 1.19 bits per heavy atom. The summed E-state index contributed by atoms with van der Waals surface area (Å²) in [6.45, 7) is 0. The second kappa shape index (κ2) is 18.0. The molecule has 2 N–H and O–H groups in total. The molecule has 340 valence electrons. The molecule has 0 bridgehead atoms. The van der Waals surface area contributed by atoms with Crippen LogP contribution < -0.4 is 10.2 Å². The molecule has 13 aromatic rings. The molecule has 5 nitrogen and oxygen atoms in total. The molecule has 11 aromatic carbocycles. The standard InChI is InChI=1S/C67H47N5/c68-45-61-62(44-43-60-58-22-11-12-25-64(58)71(66(60)61)52-19-8-3-9-20-52)69-63-24-14-23-59-57-21-10-13-26-65(57)72(67(59)63)56-41-33-51(34-42-56)50-31-39-55(40-32-50)70(53-35-27-48(28-36-53)46-15-4-1-5-16-46)54-37-29-49(30-38-54)47-17-6-2-7-18-47/h1-45,68-69H. The third-order valence-corrected chi connectivity index (χ3v) is 14.0. The van der Waals surface area contributed by atoms with Crippen molar-refractivity contribution in [2.45, 2.75) is 0 Å². The quantitative estimate of drug-likeness (QED) is 0.127. The highest BCUT2D eigenvalue weighted by Gasteiger charge is 2.21. The van der Waals surface area contributed by atoms with Crippen molar-refractivity contribution in [3.05, 3.63) is 272 Å². The number of nitrogens with one attached hydrogen (secondary N) is 2. The molecule has 0 aliphatic rings. The van der Waals surface area contributed by atoms with Crippen molar-refractivity contribution in [2.24, 2.45) is 0 Å². The second-order valence-electron chi connectivity index (χ2n) is 18.2. The molecule has 0 radical (unpaired) electrons. The van der Waals surface area contributed by atoms with E-state index in [9.17, 15) is 0 Å². The van der Waals surface area contributed by atoms with E-state index >= 15 is 0 Å². The van der Waals surface area contributed by atoms with Crippen LogP contribution in [0.1, 0.15) is 5.56 Å². The Hall–Kier alpha value is -9.71. The first kappa shape index (κ1) is 42.4. The number of hydrogen-bond acceptors (Lipinski definition) is 3. The number of anilines is 5. The first-order valence-corrected chi connectivity index (χ1v) is 24.4. The van der Waals surface area contributed by atoms with Crippen molar-refractivity contribution in [1.29, 1.82) is 5.41 Å². The first-order chi connectivity index (χ1) is 35.7. The van der Waals surface area contributed by atoms with Gasteiger partial charge in [-0.2, -0.15) is 0 Å². The van der Waals surface area contributed by atoms with E-state index in [0.29, 0.717) is 0 Å². The van der Waals surface area contributed by atoms with E-state index in [1.54, 1.807) is 0 Å². The van der Waals surface area contributed by atoms with Crippen molar-refractivity contribution in [2.75, 3.05) is 10.2 Å². The fraction of sp³-hybridized carbons (Fsp3) is 0. The Balaban J connectivity index is 0.860. The molecule has 0 amide bonds. The predicted molar refractivity (Wildman–Crippen MR) is 304 cm³/mol. The van der Waals surface area contributed by atoms with Gasteiger partial charge in [0.2, 0.25) is 0 Å². The van der Waals surface area contributed by atoms with E-state index in [2.05, 4.69) is 280 Å². The minimum atomic E-state index is 0.827. The van der Waals surface area contributed by atoms with E-state index in [1.807, 2.05) is 6.07 Å². The highest BCUT2D eigenvalue weighted by atomic mass is 15.1. The van der Waals surface area contributed by atoms with Gasteiger partial charge in [0.15, 0.2) is 0 Å². The van der Waals surface area contributed by atoms with Gasteiger partial charge in [0.25, 0.3) is 0 Å². The van der Waals surface area contributed by atoms with Gasteiger partial charge in [-0.1, -0.05) is 182 Å². The molecule has 2 aromatic heterocycles. The Morgan fingerprint density at radius 2 is 0.694 bits per heavy atom. The first-order valence-electron chi connectivity index (χ1n) is 24.4. The SMILES string of the molecule is N=Cc1c(Nc2cccc3c4ccccc4n(-c4ccc(-c5ccc(N(c6ccc(-c7ccccc7)cc6)c6ccc(-c7ccccc7)cc6)cc5)cc4)c23)ccc2c3ccccc3n(-c3ccccc3)c12. The van der Waals surface area contributed by atoms with E-state index in [4.69, 9.17) is 5.41 Å². The van der Waals surface area contributed by atoms with E-state index < -0.39 is 0 Å². The number of nitrogens with zero attached hydrogens (tertiary/aromatic N) is 3. The second-order valence-corrected chi connectivity index (χ2v) is 18.2. The van der Waals surface area contributed by atoms with Gasteiger partial charge in [-0.05, 0) is 118 Å². The monoisotopic (exact) mass is 921 g/mol. The summed E-state index contributed by atoms with van der Waals surface area (Å²) in [5, 5.41) is 17.3. The summed E-state index contributed by atoms with van der Waals surface area (Å²) in [6.07, 6.45) is 1.49. The molecular formula is C67H47N5. The Bertz CT molecular complexity index is 4000. The van der Waals surface area contributed by atoms with Gasteiger partial charge < -0.3 is 24.8 Å². The van der Waals surface area contributed by atoms with Gasteiger partial charge in [0.1, 0.15) is 0 Å². The topological polar surface area (TPSA) is 49.0 Å². The number of hydrogen-bond donors (Lipinski definition) is 2. The molecule has 0 saturated carbocycles. The number of rotatable bonds is 11. The lowest BCUT2D eigenvalue weighted by Crippen LogP contribution is -2.09. The molecule has 0 fully saturated rings. The van der Waals surface area contributed by atoms with Crippen LogP contribution in [-0.2, 0) is 0 Å². The molecule has 0 saturated heterocycles. The fourth-order valence-corrected chi connectivity index (χ4v) is 10.6.